The SMILES string of the molecule is [B]C(=O)N[C@@H](CCC=C)C(=O)N1C[C@H](Oc2cc(-c3ccccc3)nc3cc(OC)ccc23)C[C@H]1C(=O)N[C@]1(C(=O)OCC)CC1C=C. The predicted octanol–water partition coefficient (Wildman–Crippen LogP) is 4.10. The fourth-order valence-corrected chi connectivity index (χ4v) is 6.19. The first-order chi connectivity index (χ1) is 23.1. The number of ether oxygens (including phenoxy) is 3. The zero-order valence-electron chi connectivity index (χ0n) is 27.1. The molecule has 0 bridgehead atoms. The number of nitrogens with one attached hydrogen (secondary N) is 2. The third kappa shape index (κ3) is 7.22. The monoisotopic (exact) mass is 650 g/mol. The number of methoxy groups -OCH3 is 1. The van der Waals surface area contributed by atoms with Gasteiger partial charge in [0.15, 0.2) is 5.81 Å². The van der Waals surface area contributed by atoms with Gasteiger partial charge in [-0.05, 0) is 38.3 Å². The van der Waals surface area contributed by atoms with E-state index in [9.17, 15) is 19.2 Å². The maximum atomic E-state index is 14.0. The van der Waals surface area contributed by atoms with Gasteiger partial charge in [-0.2, -0.15) is 0 Å². The van der Waals surface area contributed by atoms with E-state index in [0.717, 1.165) is 5.56 Å². The van der Waals surface area contributed by atoms with Crippen molar-refractivity contribution in [1.29, 1.82) is 0 Å². The van der Waals surface area contributed by atoms with E-state index in [2.05, 4.69) is 23.8 Å². The largest absolute Gasteiger partial charge is 0.497 e. The van der Waals surface area contributed by atoms with Gasteiger partial charge in [0.1, 0.15) is 35.2 Å². The molecule has 2 radical (unpaired) electrons. The smallest absolute Gasteiger partial charge is 0.332 e. The number of benzene rings is 2. The second-order valence-electron chi connectivity index (χ2n) is 11.9. The number of esters is 1. The summed E-state index contributed by atoms with van der Waals surface area (Å²) >= 11 is 0. The Kier molecular flexibility index (Phi) is 10.5. The van der Waals surface area contributed by atoms with Crippen molar-refractivity contribution in [2.45, 2.75) is 56.3 Å². The highest BCUT2D eigenvalue weighted by molar-refractivity contribution is 6.57. The first kappa shape index (κ1) is 34.2. The number of amides is 3. The molecule has 2 heterocycles. The average Bonchev–Trinajstić information content (AvgIpc) is 3.65. The van der Waals surface area contributed by atoms with Crippen LogP contribution < -0.4 is 20.1 Å². The fraction of sp³-hybridized carbons (Fsp3) is 0.361. The van der Waals surface area contributed by atoms with E-state index in [-0.39, 0.29) is 31.9 Å². The number of allylic oxidation sites excluding steroid dienone is 1. The lowest BCUT2D eigenvalue weighted by molar-refractivity contribution is -0.150. The van der Waals surface area contributed by atoms with Crippen molar-refractivity contribution in [1.82, 2.24) is 20.5 Å². The molecule has 5 rings (SSSR count). The Morgan fingerprint density at radius 3 is 2.56 bits per heavy atom. The zero-order valence-corrected chi connectivity index (χ0v) is 27.1. The summed E-state index contributed by atoms with van der Waals surface area (Å²) < 4.78 is 17.3. The Morgan fingerprint density at radius 2 is 1.92 bits per heavy atom. The van der Waals surface area contributed by atoms with Gasteiger partial charge >= 0.3 is 5.97 Å². The van der Waals surface area contributed by atoms with Crippen molar-refractivity contribution in [3.63, 3.8) is 0 Å². The Bertz CT molecular complexity index is 1720. The molecular weight excluding hydrogens is 611 g/mol. The second-order valence-corrected chi connectivity index (χ2v) is 11.9. The highest BCUT2D eigenvalue weighted by Gasteiger charge is 2.62. The van der Waals surface area contributed by atoms with Crippen LogP contribution in [-0.4, -0.2) is 85.3 Å². The van der Waals surface area contributed by atoms with Gasteiger partial charge in [-0.1, -0.05) is 42.5 Å². The third-order valence-electron chi connectivity index (χ3n) is 8.75. The van der Waals surface area contributed by atoms with Crippen LogP contribution in [0.1, 0.15) is 32.6 Å². The van der Waals surface area contributed by atoms with Crippen molar-refractivity contribution >= 4 is 42.3 Å². The van der Waals surface area contributed by atoms with E-state index >= 15 is 0 Å². The van der Waals surface area contributed by atoms with Crippen LogP contribution >= 0.6 is 0 Å². The molecule has 1 unspecified atom stereocenters. The number of carbonyl (C=O) groups excluding carboxylic acids is 4. The lowest BCUT2D eigenvalue weighted by Gasteiger charge is -2.29. The van der Waals surface area contributed by atoms with Gasteiger partial charge in [0, 0.05) is 35.4 Å². The number of aromatic nitrogens is 1. The van der Waals surface area contributed by atoms with E-state index in [4.69, 9.17) is 27.0 Å². The first-order valence-electron chi connectivity index (χ1n) is 15.9. The molecule has 1 saturated heterocycles. The van der Waals surface area contributed by atoms with Crippen molar-refractivity contribution in [3.05, 3.63) is 79.9 Å². The van der Waals surface area contributed by atoms with Crippen LogP contribution in [0.3, 0.4) is 0 Å². The Morgan fingerprint density at radius 1 is 1.15 bits per heavy atom. The summed E-state index contributed by atoms with van der Waals surface area (Å²) in [6, 6.07) is 14.9. The van der Waals surface area contributed by atoms with Gasteiger partial charge in [0.2, 0.25) is 19.7 Å². The molecule has 2 fully saturated rings. The zero-order chi connectivity index (χ0) is 34.4. The number of hydrogen-bond acceptors (Lipinski definition) is 8. The minimum atomic E-state index is -1.26. The third-order valence-corrected chi connectivity index (χ3v) is 8.75. The molecule has 48 heavy (non-hydrogen) atoms. The fourth-order valence-electron chi connectivity index (χ4n) is 6.19. The molecule has 248 valence electrons. The highest BCUT2D eigenvalue weighted by atomic mass is 16.5. The molecule has 1 aliphatic carbocycles. The van der Waals surface area contributed by atoms with E-state index in [1.54, 1.807) is 32.3 Å². The van der Waals surface area contributed by atoms with Crippen molar-refractivity contribution in [2.75, 3.05) is 20.3 Å². The van der Waals surface area contributed by atoms with Crippen LogP contribution in [-0.2, 0) is 19.1 Å². The van der Waals surface area contributed by atoms with Gasteiger partial charge < -0.3 is 29.7 Å². The van der Waals surface area contributed by atoms with Crippen molar-refractivity contribution < 1.29 is 33.4 Å². The molecule has 3 aromatic rings. The number of fused-ring (bicyclic) bond motifs is 1. The number of rotatable bonds is 14. The minimum Gasteiger partial charge on any atom is -0.497 e. The molecular formula is C36H39BN4O7. The predicted molar refractivity (Wildman–Crippen MR) is 182 cm³/mol. The summed E-state index contributed by atoms with van der Waals surface area (Å²) in [6.45, 7) is 9.37. The van der Waals surface area contributed by atoms with Gasteiger partial charge in [-0.3, -0.25) is 14.4 Å². The molecule has 12 heteroatoms. The van der Waals surface area contributed by atoms with E-state index in [0.29, 0.717) is 40.9 Å². The summed E-state index contributed by atoms with van der Waals surface area (Å²) in [5.41, 5.74) is 0.922. The van der Waals surface area contributed by atoms with Gasteiger partial charge in [0.05, 0.1) is 31.5 Å². The summed E-state index contributed by atoms with van der Waals surface area (Å²) in [4.78, 5) is 59.1. The van der Waals surface area contributed by atoms with Crippen LogP contribution in [0.15, 0.2) is 79.9 Å². The summed E-state index contributed by atoms with van der Waals surface area (Å²) in [7, 11) is 7.00. The molecule has 2 aliphatic rings. The Labute approximate surface area is 281 Å². The Hall–Kier alpha value is -5.13. The number of nitrogens with zero attached hydrogens (tertiary/aromatic N) is 2. The molecule has 2 aromatic carbocycles. The topological polar surface area (TPSA) is 136 Å². The summed E-state index contributed by atoms with van der Waals surface area (Å²) in [6.07, 6.45) is 3.69. The van der Waals surface area contributed by atoms with Crippen molar-refractivity contribution in [3.8, 4) is 22.8 Å². The van der Waals surface area contributed by atoms with E-state index in [1.807, 2.05) is 48.5 Å². The second kappa shape index (κ2) is 14.7. The number of pyridine rings is 1. The molecule has 2 N–H and O–H groups in total. The van der Waals surface area contributed by atoms with Crippen LogP contribution in [0, 0.1) is 5.92 Å². The number of carbonyl (C=O) groups is 4. The normalized spacial score (nSPS) is 21.9. The molecule has 1 aliphatic heterocycles. The van der Waals surface area contributed by atoms with E-state index < -0.39 is 47.3 Å². The first-order valence-corrected chi connectivity index (χ1v) is 15.9. The average molecular weight is 651 g/mol. The van der Waals surface area contributed by atoms with Crippen LogP contribution in [0.4, 0.5) is 4.79 Å². The minimum absolute atomic E-state index is 0.0277. The lowest BCUT2D eigenvalue weighted by Crippen LogP contribution is -2.56. The van der Waals surface area contributed by atoms with Gasteiger partial charge in [-0.15, -0.1) is 13.2 Å². The molecule has 1 saturated carbocycles. The van der Waals surface area contributed by atoms with Gasteiger partial charge in [-0.25, -0.2) is 9.78 Å². The number of hydrogen-bond donors (Lipinski definition) is 2. The maximum absolute atomic E-state index is 14.0. The van der Waals surface area contributed by atoms with Crippen molar-refractivity contribution in [2.24, 2.45) is 5.92 Å². The summed E-state index contributed by atoms with van der Waals surface area (Å²) in [5.74, 6) is -1.65. The molecule has 5 atom stereocenters. The van der Waals surface area contributed by atoms with Gasteiger partial charge in [0.25, 0.3) is 0 Å². The van der Waals surface area contributed by atoms with E-state index in [1.165, 1.54) is 4.90 Å². The highest BCUT2D eigenvalue weighted by Crippen LogP contribution is 2.46. The molecule has 1 aromatic heterocycles. The molecule has 0 spiro atoms. The molecule has 11 nitrogen and oxygen atoms in total. The van der Waals surface area contributed by atoms with Crippen LogP contribution in [0.5, 0.6) is 11.5 Å². The quantitative estimate of drug-likeness (QED) is 0.151. The van der Waals surface area contributed by atoms with Crippen LogP contribution in [0.25, 0.3) is 22.2 Å². The Balaban J connectivity index is 1.49. The molecule has 3 amide bonds. The maximum Gasteiger partial charge on any atom is 0.332 e. The standard InChI is InChI=1S/C36H39BN4O7/c1-5-8-14-27(39-35(37)45)33(43)41-21-25(18-30(41)32(42)40-36(20-23(36)6-2)34(44)47-7-3)48-31-19-28(22-12-10-9-11-13-22)38-29-17-24(46-4)15-16-26(29)31/h5-6,9-13,15-17,19,23,25,27,30H,1-2,7-8,14,18,20-21H2,3-4H3,(H,39,45)(H,40,42)/t23?,25-,27+,30+,36-/m1/s1. The number of likely N-dealkylation sites (tertiary alicyclic amines) is 1. The van der Waals surface area contributed by atoms with Crippen LogP contribution in [0.2, 0.25) is 0 Å². The summed E-state index contributed by atoms with van der Waals surface area (Å²) in [5, 5.41) is 6.10. The lowest BCUT2D eigenvalue weighted by atomic mass is 10.0.